The van der Waals surface area contributed by atoms with Crippen LogP contribution in [-0.2, 0) is 0 Å². The summed E-state index contributed by atoms with van der Waals surface area (Å²) in [7, 11) is 0. The van der Waals surface area contributed by atoms with E-state index in [2.05, 4.69) is 15.5 Å². The Morgan fingerprint density at radius 3 is 3.14 bits per heavy atom. The van der Waals surface area contributed by atoms with Crippen molar-refractivity contribution < 1.29 is 5.11 Å². The second-order valence-electron chi connectivity index (χ2n) is 3.67. The molecule has 0 unspecified atom stereocenters. The largest absolute Gasteiger partial charge is 0.390 e. The fourth-order valence-corrected chi connectivity index (χ4v) is 1.32. The van der Waals surface area contributed by atoms with Crippen LogP contribution in [-0.4, -0.2) is 27.4 Å². The SMILES string of the molecule is N#Cc1cn[nH]c1NCCC1(O)CC1. The zero-order chi connectivity index (χ0) is 10.0. The highest BCUT2D eigenvalue weighted by Gasteiger charge is 2.39. The Kier molecular flexibility index (Phi) is 2.14. The van der Waals surface area contributed by atoms with E-state index in [1.165, 1.54) is 6.20 Å². The summed E-state index contributed by atoms with van der Waals surface area (Å²) in [5.41, 5.74) is 0.0626. The molecule has 0 bridgehead atoms. The Labute approximate surface area is 81.7 Å². The summed E-state index contributed by atoms with van der Waals surface area (Å²) in [5.74, 6) is 0.636. The molecule has 5 nitrogen and oxygen atoms in total. The third-order valence-electron chi connectivity index (χ3n) is 2.48. The fraction of sp³-hybridized carbons (Fsp3) is 0.556. The molecule has 1 heterocycles. The van der Waals surface area contributed by atoms with Gasteiger partial charge in [-0.25, -0.2) is 0 Å². The van der Waals surface area contributed by atoms with E-state index in [9.17, 15) is 5.11 Å². The van der Waals surface area contributed by atoms with Gasteiger partial charge in [0.15, 0.2) is 0 Å². The van der Waals surface area contributed by atoms with Gasteiger partial charge in [0.1, 0.15) is 17.5 Å². The molecule has 0 radical (unpaired) electrons. The third-order valence-corrected chi connectivity index (χ3v) is 2.48. The lowest BCUT2D eigenvalue weighted by Gasteiger charge is -2.07. The molecule has 0 saturated heterocycles. The van der Waals surface area contributed by atoms with Gasteiger partial charge in [0.2, 0.25) is 0 Å². The predicted molar refractivity (Wildman–Crippen MR) is 50.6 cm³/mol. The van der Waals surface area contributed by atoms with Crippen LogP contribution in [0.5, 0.6) is 0 Å². The van der Waals surface area contributed by atoms with Crippen molar-refractivity contribution in [1.29, 1.82) is 5.26 Å². The van der Waals surface area contributed by atoms with Crippen molar-refractivity contribution in [3.05, 3.63) is 11.8 Å². The van der Waals surface area contributed by atoms with Crippen molar-refractivity contribution in [3.8, 4) is 6.07 Å². The molecule has 0 amide bonds. The minimum absolute atomic E-state index is 0.445. The number of H-pyrrole nitrogens is 1. The minimum atomic E-state index is -0.445. The lowest BCUT2D eigenvalue weighted by molar-refractivity contribution is 0.144. The molecule has 5 heteroatoms. The maximum Gasteiger partial charge on any atom is 0.139 e. The summed E-state index contributed by atoms with van der Waals surface area (Å²) in [6.07, 6.45) is 3.98. The summed E-state index contributed by atoms with van der Waals surface area (Å²) >= 11 is 0. The number of aromatic amines is 1. The van der Waals surface area contributed by atoms with E-state index in [1.807, 2.05) is 6.07 Å². The number of nitrogens with zero attached hydrogens (tertiary/aromatic N) is 2. The molecule has 1 aromatic heterocycles. The van der Waals surface area contributed by atoms with Gasteiger partial charge < -0.3 is 10.4 Å². The van der Waals surface area contributed by atoms with Crippen molar-refractivity contribution in [1.82, 2.24) is 10.2 Å². The van der Waals surface area contributed by atoms with Crippen molar-refractivity contribution in [2.45, 2.75) is 24.9 Å². The fourth-order valence-electron chi connectivity index (χ4n) is 1.32. The van der Waals surface area contributed by atoms with E-state index in [4.69, 9.17) is 5.26 Å². The van der Waals surface area contributed by atoms with Crippen molar-refractivity contribution in [3.63, 3.8) is 0 Å². The topological polar surface area (TPSA) is 84.7 Å². The van der Waals surface area contributed by atoms with Gasteiger partial charge in [0.25, 0.3) is 0 Å². The van der Waals surface area contributed by atoms with Crippen molar-refractivity contribution >= 4 is 5.82 Å². The predicted octanol–water partition coefficient (Wildman–Crippen LogP) is 0.608. The summed E-state index contributed by atoms with van der Waals surface area (Å²) in [4.78, 5) is 0. The number of rotatable bonds is 4. The smallest absolute Gasteiger partial charge is 0.139 e. The van der Waals surface area contributed by atoms with E-state index < -0.39 is 5.60 Å². The van der Waals surface area contributed by atoms with Gasteiger partial charge in [-0.15, -0.1) is 0 Å². The van der Waals surface area contributed by atoms with Crippen molar-refractivity contribution in [2.75, 3.05) is 11.9 Å². The number of anilines is 1. The van der Waals surface area contributed by atoms with E-state index in [0.717, 1.165) is 19.3 Å². The Morgan fingerprint density at radius 1 is 1.71 bits per heavy atom. The van der Waals surface area contributed by atoms with Gasteiger partial charge in [0, 0.05) is 6.54 Å². The first kappa shape index (κ1) is 9.03. The number of hydrogen-bond donors (Lipinski definition) is 3. The quantitative estimate of drug-likeness (QED) is 0.652. The molecular weight excluding hydrogens is 180 g/mol. The van der Waals surface area contributed by atoms with Crippen LogP contribution >= 0.6 is 0 Å². The second kappa shape index (κ2) is 3.31. The molecule has 0 atom stereocenters. The molecule has 0 aromatic carbocycles. The molecule has 1 aliphatic carbocycles. The van der Waals surface area contributed by atoms with Gasteiger partial charge in [-0.05, 0) is 19.3 Å². The highest BCUT2D eigenvalue weighted by Crippen LogP contribution is 2.38. The average Bonchev–Trinajstić information content (AvgIpc) is 2.75. The van der Waals surface area contributed by atoms with Crippen LogP contribution < -0.4 is 5.32 Å². The molecule has 1 saturated carbocycles. The van der Waals surface area contributed by atoms with E-state index >= 15 is 0 Å². The van der Waals surface area contributed by atoms with Gasteiger partial charge in [-0.3, -0.25) is 5.10 Å². The van der Waals surface area contributed by atoms with Crippen LogP contribution in [0.4, 0.5) is 5.82 Å². The molecule has 1 fully saturated rings. The van der Waals surface area contributed by atoms with E-state index in [0.29, 0.717) is 17.9 Å². The van der Waals surface area contributed by atoms with Crippen LogP contribution in [0.2, 0.25) is 0 Å². The van der Waals surface area contributed by atoms with Crippen molar-refractivity contribution in [2.24, 2.45) is 0 Å². The normalized spacial score (nSPS) is 17.4. The van der Waals surface area contributed by atoms with Crippen LogP contribution in [0.15, 0.2) is 6.20 Å². The molecule has 0 spiro atoms. The van der Waals surface area contributed by atoms with Crippen LogP contribution in [0, 0.1) is 11.3 Å². The number of aromatic nitrogens is 2. The first-order chi connectivity index (χ1) is 6.73. The van der Waals surface area contributed by atoms with Gasteiger partial charge in [-0.2, -0.15) is 10.4 Å². The monoisotopic (exact) mass is 192 g/mol. The molecule has 3 N–H and O–H groups in total. The molecule has 1 aromatic rings. The number of nitriles is 1. The molecule has 0 aliphatic heterocycles. The first-order valence-corrected chi connectivity index (χ1v) is 4.63. The van der Waals surface area contributed by atoms with Gasteiger partial charge in [0.05, 0.1) is 11.8 Å². The highest BCUT2D eigenvalue weighted by molar-refractivity contribution is 5.50. The maximum atomic E-state index is 9.55. The van der Waals surface area contributed by atoms with Crippen LogP contribution in [0.3, 0.4) is 0 Å². The molecule has 2 rings (SSSR count). The van der Waals surface area contributed by atoms with Gasteiger partial charge in [-0.1, -0.05) is 0 Å². The third kappa shape index (κ3) is 1.86. The number of nitrogens with one attached hydrogen (secondary N) is 2. The van der Waals surface area contributed by atoms with E-state index in [-0.39, 0.29) is 0 Å². The Balaban J connectivity index is 1.83. The number of aliphatic hydroxyl groups is 1. The van der Waals surface area contributed by atoms with Gasteiger partial charge >= 0.3 is 0 Å². The first-order valence-electron chi connectivity index (χ1n) is 4.63. The summed E-state index contributed by atoms with van der Waals surface area (Å²) < 4.78 is 0. The lowest BCUT2D eigenvalue weighted by atomic mass is 10.2. The van der Waals surface area contributed by atoms with Crippen LogP contribution in [0.1, 0.15) is 24.8 Å². The Morgan fingerprint density at radius 2 is 2.50 bits per heavy atom. The summed E-state index contributed by atoms with van der Waals surface area (Å²) in [6, 6.07) is 2.02. The zero-order valence-corrected chi connectivity index (χ0v) is 7.75. The second-order valence-corrected chi connectivity index (χ2v) is 3.67. The minimum Gasteiger partial charge on any atom is -0.390 e. The highest BCUT2D eigenvalue weighted by atomic mass is 16.3. The maximum absolute atomic E-state index is 9.55. The average molecular weight is 192 g/mol. The summed E-state index contributed by atoms with van der Waals surface area (Å²) in [6.45, 7) is 0.660. The zero-order valence-electron chi connectivity index (χ0n) is 7.75. The molecular formula is C9H12N4O. The molecule has 1 aliphatic rings. The molecule has 14 heavy (non-hydrogen) atoms. The molecule has 74 valence electrons. The van der Waals surface area contributed by atoms with E-state index in [1.54, 1.807) is 0 Å². The summed E-state index contributed by atoms with van der Waals surface area (Å²) in [5, 5.41) is 27.7. The van der Waals surface area contributed by atoms with Crippen LogP contribution in [0.25, 0.3) is 0 Å². The Bertz CT molecular complexity index is 361. The number of hydrogen-bond acceptors (Lipinski definition) is 4. The lowest BCUT2D eigenvalue weighted by Crippen LogP contribution is -2.14. The standard InChI is InChI=1S/C9H12N4O/c10-5-7-6-12-13-8(7)11-4-3-9(14)1-2-9/h6,14H,1-4H2,(H2,11,12,13). The Hall–Kier alpha value is -1.54.